The molecular formula is C63H90N20O38P6. The minimum atomic E-state index is -6.18. The maximum Gasteiger partial charge on any atom is 0.490 e. The molecular weight excluding hydrogens is 1830 g/mol. The maximum absolute atomic E-state index is 15.3. The summed E-state index contributed by atoms with van der Waals surface area (Å²) in [6, 6.07) is 0. The molecule has 0 amide bonds. The van der Waals surface area contributed by atoms with Crippen LogP contribution in [0, 0.1) is 21.7 Å². The molecule has 16 N–H and O–H groups in total. The molecule has 4 aliphatic rings. The van der Waals surface area contributed by atoms with Crippen LogP contribution < -0.4 is 22.9 Å². The second-order valence-electron chi connectivity index (χ2n) is 32.4. The molecule has 5 unspecified atom stereocenters. The zero-order valence-electron chi connectivity index (χ0n) is 68.8. The van der Waals surface area contributed by atoms with Gasteiger partial charge in [0.15, 0.2) is 97.3 Å². The summed E-state index contributed by atoms with van der Waals surface area (Å²) in [7, 11) is -35.8. The van der Waals surface area contributed by atoms with E-state index in [1.54, 1.807) is 0 Å². The molecule has 21 atom stereocenters. The second-order valence-corrected chi connectivity index (χ2v) is 41.0. The van der Waals surface area contributed by atoms with Crippen LogP contribution in [0.1, 0.15) is 108 Å². The standard InChI is InChI=1S/C63H90N20O38P6/c1-60(2,3)56(85)105-25-102-38-29(113-53(81-22-77-33-45(65)69-18-73-49(33)81)41(38)117-123(92,93)108-13-28-37(116-59(88)63(10,11)12)36(84)52(112-28)80-21-76-32-44(64)68-17-72-48(32)80)14-109-124(94,95)118-42-39(103-26-106-57(86)61(4,5)6)30(114-54(42)82-23-78-34-46(66)70-19-74-50(34)82)15-110-125(96,97)119-43-40(104-27-107-58(87)62(7,8)9)31(16-111-126(98,99)121-127(100,101)120-122(89,90)91)115-55(43)83-24-79-35-47(67)71-20-75-51(35)83/h17-24,28-31,36-43,52-55,84H,13-16,25-27H2,1-12H3,(H,92,93)(H,94,95)(H,96,97)(H,98,99)(H,100,101)(H2,64,68,72)(H2,65,69,73)(H2,66,70,74)(H2,67,71,75)(H2,89,90,91)/t28-,29-,30-,31-,36-,37-,38-,39-,40-,41-,42-,43-,52-,53-,54-,55-/m1/s1. The first-order valence-electron chi connectivity index (χ1n) is 37.3. The van der Waals surface area contributed by atoms with Gasteiger partial charge in [0.05, 0.1) is 73.4 Å². The molecule has 12 rings (SSSR count). The number of ether oxygens (including phenoxy) is 11. The van der Waals surface area contributed by atoms with Crippen molar-refractivity contribution in [2.75, 3.05) is 69.7 Å². The van der Waals surface area contributed by atoms with Crippen LogP contribution in [0.3, 0.4) is 0 Å². The molecule has 700 valence electrons. The smallest absolute Gasteiger partial charge is 0.456 e. The van der Waals surface area contributed by atoms with Crippen LogP contribution in [0.15, 0.2) is 50.6 Å². The average molecular weight is 1920 g/mol. The summed E-state index contributed by atoms with van der Waals surface area (Å²) in [5.41, 5.74) is 18.9. The zero-order chi connectivity index (χ0) is 93.0. The van der Waals surface area contributed by atoms with E-state index in [-0.39, 0.29) is 67.9 Å². The van der Waals surface area contributed by atoms with E-state index in [1.807, 2.05) is 0 Å². The Morgan fingerprint density at radius 3 is 0.890 bits per heavy atom. The largest absolute Gasteiger partial charge is 0.490 e. The monoisotopic (exact) mass is 1920 g/mol. The van der Waals surface area contributed by atoms with Gasteiger partial charge in [0.1, 0.15) is 115 Å². The van der Waals surface area contributed by atoms with Crippen LogP contribution >= 0.6 is 46.9 Å². The van der Waals surface area contributed by atoms with E-state index < -0.39 is 237 Å². The van der Waals surface area contributed by atoms with Gasteiger partial charge in [-0.3, -0.25) is 69.1 Å². The van der Waals surface area contributed by atoms with Crippen LogP contribution in [-0.2, 0) is 139 Å². The van der Waals surface area contributed by atoms with Gasteiger partial charge >= 0.3 is 70.8 Å². The number of carbonyl (C=O) groups is 4. The number of nitrogens with two attached hydrogens (primary N) is 4. The van der Waals surface area contributed by atoms with Crippen molar-refractivity contribution < 1.29 is 178 Å². The van der Waals surface area contributed by atoms with Crippen LogP contribution in [0.25, 0.3) is 44.7 Å². The number of hydrogen-bond donors (Lipinski definition) is 12. The lowest BCUT2D eigenvalue weighted by Gasteiger charge is -2.29. The fourth-order valence-electron chi connectivity index (χ4n) is 12.6. The van der Waals surface area contributed by atoms with Crippen molar-refractivity contribution in [2.45, 2.75) is 181 Å². The van der Waals surface area contributed by atoms with E-state index in [2.05, 4.69) is 68.4 Å². The van der Waals surface area contributed by atoms with E-state index in [0.717, 1.165) is 58.0 Å². The molecule has 58 nitrogen and oxygen atoms in total. The first-order chi connectivity index (χ1) is 59.0. The molecule has 4 fully saturated rings. The highest BCUT2D eigenvalue weighted by atomic mass is 31.3. The molecule has 0 spiro atoms. The maximum atomic E-state index is 15.3. The lowest BCUT2D eigenvalue weighted by Crippen LogP contribution is -2.41. The average Bonchev–Trinajstić information content (AvgIpc) is 1.62. The van der Waals surface area contributed by atoms with Crippen LogP contribution in [0.5, 0.6) is 0 Å². The Bertz CT molecular complexity index is 5680. The number of nitrogens with zero attached hydrogens (tertiary/aromatic N) is 16. The molecule has 8 aromatic heterocycles. The van der Waals surface area contributed by atoms with E-state index in [9.17, 15) is 76.8 Å². The third-order valence-corrected chi connectivity index (χ3v) is 25.4. The number of fused-ring (bicyclic) bond motifs is 4. The van der Waals surface area contributed by atoms with E-state index >= 15 is 9.13 Å². The highest BCUT2D eigenvalue weighted by Gasteiger charge is 2.58. The number of esters is 4. The number of phosphoric ester groups is 4. The summed E-state index contributed by atoms with van der Waals surface area (Å²) >= 11 is 0. The van der Waals surface area contributed by atoms with Crippen molar-refractivity contribution >= 4 is 139 Å². The topological polar surface area (TPSA) is 796 Å². The minimum absolute atomic E-state index is 0.0492. The molecule has 12 heterocycles. The molecule has 4 saturated heterocycles. The predicted molar refractivity (Wildman–Crippen MR) is 418 cm³/mol. The van der Waals surface area contributed by atoms with Gasteiger partial charge in [0, 0.05) is 0 Å². The summed E-state index contributed by atoms with van der Waals surface area (Å²) in [5, 5.41) is 11.9. The van der Waals surface area contributed by atoms with Gasteiger partial charge in [-0.15, -0.1) is 0 Å². The van der Waals surface area contributed by atoms with Gasteiger partial charge in [-0.05, 0) is 83.1 Å². The van der Waals surface area contributed by atoms with Crippen LogP contribution in [-0.4, -0.2) is 261 Å². The van der Waals surface area contributed by atoms with Crippen molar-refractivity contribution in [2.24, 2.45) is 21.7 Å². The zero-order valence-corrected chi connectivity index (χ0v) is 74.1. The molecule has 0 aromatic carbocycles. The highest BCUT2D eigenvalue weighted by Crippen LogP contribution is 2.67. The van der Waals surface area contributed by atoms with Crippen molar-refractivity contribution in [3.05, 3.63) is 50.6 Å². The van der Waals surface area contributed by atoms with Gasteiger partial charge in [-0.1, -0.05) is 0 Å². The summed E-state index contributed by atoms with van der Waals surface area (Å²) in [6.07, 6.45) is -22.6. The molecule has 0 bridgehead atoms. The molecule has 4 aliphatic heterocycles. The van der Waals surface area contributed by atoms with Crippen LogP contribution in [0.4, 0.5) is 23.3 Å². The Morgan fingerprint density at radius 1 is 0.354 bits per heavy atom. The van der Waals surface area contributed by atoms with Gasteiger partial charge in [0.2, 0.25) is 0 Å². The Kier molecular flexibility index (Phi) is 28.9. The number of anilines is 4. The number of aliphatic hydroxyl groups is 1. The number of phosphoric acid groups is 6. The third-order valence-electron chi connectivity index (χ3n) is 18.6. The normalized spacial score (nSPS) is 26.9. The van der Waals surface area contributed by atoms with Crippen molar-refractivity contribution in [3.63, 3.8) is 0 Å². The lowest BCUT2D eigenvalue weighted by molar-refractivity contribution is -0.178. The van der Waals surface area contributed by atoms with Crippen molar-refractivity contribution in [3.8, 4) is 0 Å². The van der Waals surface area contributed by atoms with E-state index in [4.69, 9.17) is 107 Å². The minimum Gasteiger partial charge on any atom is -0.456 e. The predicted octanol–water partition coefficient (Wildman–Crippen LogP) is 2.23. The number of nitrogen functional groups attached to an aromatic ring is 4. The van der Waals surface area contributed by atoms with Gasteiger partial charge < -0.3 is 114 Å². The number of imidazole rings is 4. The SMILES string of the molecule is CC(C)(C)C(=O)OCO[C@H]1[C@@H](OP(=O)(O)OC[C@H]2O[C@@H](n3cnc4c(N)ncnc43)[C@H](O)[C@@H]2OC(=O)C(C)(C)C)[C@H](n2cnc3c(N)ncnc32)O[C@@H]1COP(=O)(O)O[C@@H]1[C@H](OCOC(=O)C(C)(C)C)[C@@H](COP(=O)(O)O[C@@H]2[C@H](OCOC(=O)C(C)(C)C)[C@@H](COP(=O)(O)OP(=O)(O)OP(=O)(O)O)O[C@H]2n2cnc3c(N)ncnc32)O[C@H]1n1cnc2c(N)ncnc21. The van der Waals surface area contributed by atoms with E-state index in [1.165, 1.54) is 94.0 Å². The summed E-state index contributed by atoms with van der Waals surface area (Å²) in [5.74, 6) is -4.32. The second kappa shape index (κ2) is 37.5. The van der Waals surface area contributed by atoms with E-state index in [0.29, 0.717) is 0 Å². The highest BCUT2D eigenvalue weighted by molar-refractivity contribution is 7.66. The third kappa shape index (κ3) is 23.2. The molecule has 0 saturated carbocycles. The van der Waals surface area contributed by atoms with Gasteiger partial charge in [0.25, 0.3) is 0 Å². The number of rotatable bonds is 36. The molecule has 64 heteroatoms. The van der Waals surface area contributed by atoms with Crippen LogP contribution in [0.2, 0.25) is 0 Å². The number of hydrogen-bond acceptors (Lipinski definition) is 47. The first kappa shape index (κ1) is 97.8. The van der Waals surface area contributed by atoms with Gasteiger partial charge in [-0.25, -0.2) is 87.2 Å². The molecule has 0 aliphatic carbocycles. The fourth-order valence-corrected chi connectivity index (χ4v) is 18.4. The first-order valence-corrected chi connectivity index (χ1v) is 46.4. The Morgan fingerprint density at radius 2 is 0.614 bits per heavy atom. The number of aliphatic hydroxyl groups excluding tert-OH is 1. The number of aromatic nitrogens is 16. The fraction of sp³-hybridized carbons (Fsp3) is 0.619. The van der Waals surface area contributed by atoms with Crippen molar-refractivity contribution in [1.82, 2.24) is 78.1 Å². The molecule has 0 radical (unpaired) electrons. The Labute approximate surface area is 715 Å². The van der Waals surface area contributed by atoms with Crippen molar-refractivity contribution in [1.29, 1.82) is 0 Å². The number of carbonyl (C=O) groups excluding carboxylic acids is 4. The quantitative estimate of drug-likeness (QED) is 0.0116. The lowest BCUT2D eigenvalue weighted by atomic mass is 9.97. The molecule has 8 aromatic rings. The van der Waals surface area contributed by atoms with Gasteiger partial charge in [-0.2, -0.15) is 8.62 Å². The summed E-state index contributed by atoms with van der Waals surface area (Å²) in [6.45, 7) is 9.50. The Hall–Kier alpha value is -8.30. The summed E-state index contributed by atoms with van der Waals surface area (Å²) in [4.78, 5) is 179. The molecule has 127 heavy (non-hydrogen) atoms. The summed E-state index contributed by atoms with van der Waals surface area (Å²) < 4.78 is 200. The Balaban J connectivity index is 0.868.